The summed E-state index contributed by atoms with van der Waals surface area (Å²) in [5.74, 6) is 0.802. The molecule has 3 heterocycles. The first-order valence-electron chi connectivity index (χ1n) is 5.76. The Morgan fingerprint density at radius 1 is 1.24 bits per heavy atom. The van der Waals surface area contributed by atoms with E-state index in [9.17, 15) is 0 Å². The third-order valence-electron chi connectivity index (χ3n) is 3.06. The molecule has 86 valence electrons. The quantitative estimate of drug-likeness (QED) is 0.739. The molecule has 0 atom stereocenters. The second-order valence-corrected chi connectivity index (χ2v) is 4.39. The van der Waals surface area contributed by atoms with Gasteiger partial charge in [0.2, 0.25) is 0 Å². The molecule has 0 saturated carbocycles. The fraction of sp³-hybridized carbons (Fsp3) is 0.308. The molecular weight excluding hydrogens is 212 g/mol. The lowest BCUT2D eigenvalue weighted by Crippen LogP contribution is -2.27. The number of aromatic nitrogens is 3. The summed E-state index contributed by atoms with van der Waals surface area (Å²) < 4.78 is 0. The highest BCUT2D eigenvalue weighted by Crippen LogP contribution is 2.19. The average Bonchev–Trinajstić information content (AvgIpc) is 2.39. The second kappa shape index (κ2) is 4.22. The summed E-state index contributed by atoms with van der Waals surface area (Å²) >= 11 is 0. The van der Waals surface area contributed by atoms with E-state index in [1.54, 1.807) is 12.4 Å². The number of hydrogen-bond acceptors (Lipinski definition) is 4. The van der Waals surface area contributed by atoms with Crippen LogP contribution in [0.1, 0.15) is 11.3 Å². The first-order chi connectivity index (χ1) is 8.33. The average molecular weight is 226 g/mol. The van der Waals surface area contributed by atoms with Crippen LogP contribution in [-0.4, -0.2) is 33.4 Å². The molecule has 0 unspecified atom stereocenters. The van der Waals surface area contributed by atoms with Gasteiger partial charge >= 0.3 is 0 Å². The molecule has 2 aromatic rings. The normalized spacial score (nSPS) is 15.6. The van der Waals surface area contributed by atoms with Crippen molar-refractivity contribution in [3.05, 3.63) is 42.0 Å². The van der Waals surface area contributed by atoms with E-state index in [0.29, 0.717) is 0 Å². The molecule has 0 spiro atoms. The zero-order valence-electron chi connectivity index (χ0n) is 9.80. The van der Waals surface area contributed by atoms with Gasteiger partial charge in [0, 0.05) is 49.2 Å². The SMILES string of the molecule is CN1CCc2nc(-c3ccncc3)ncc2C1. The van der Waals surface area contributed by atoms with Crippen molar-refractivity contribution in [3.63, 3.8) is 0 Å². The van der Waals surface area contributed by atoms with E-state index in [0.717, 1.165) is 30.9 Å². The zero-order valence-corrected chi connectivity index (χ0v) is 9.80. The van der Waals surface area contributed by atoms with Gasteiger partial charge in [-0.1, -0.05) is 0 Å². The van der Waals surface area contributed by atoms with Gasteiger partial charge in [-0.05, 0) is 19.2 Å². The van der Waals surface area contributed by atoms with Crippen molar-refractivity contribution in [2.45, 2.75) is 13.0 Å². The second-order valence-electron chi connectivity index (χ2n) is 4.39. The van der Waals surface area contributed by atoms with Crippen LogP contribution in [0.4, 0.5) is 0 Å². The van der Waals surface area contributed by atoms with Crippen LogP contribution in [0.5, 0.6) is 0 Å². The Balaban J connectivity index is 1.99. The van der Waals surface area contributed by atoms with Crippen LogP contribution < -0.4 is 0 Å². The summed E-state index contributed by atoms with van der Waals surface area (Å²) in [5, 5.41) is 0. The maximum atomic E-state index is 4.65. The smallest absolute Gasteiger partial charge is 0.159 e. The van der Waals surface area contributed by atoms with E-state index in [1.807, 2.05) is 18.3 Å². The number of nitrogens with zero attached hydrogens (tertiary/aromatic N) is 4. The minimum Gasteiger partial charge on any atom is -0.302 e. The maximum Gasteiger partial charge on any atom is 0.159 e. The van der Waals surface area contributed by atoms with Crippen molar-refractivity contribution in [1.82, 2.24) is 19.9 Å². The number of fused-ring (bicyclic) bond motifs is 1. The zero-order chi connectivity index (χ0) is 11.7. The van der Waals surface area contributed by atoms with Gasteiger partial charge < -0.3 is 4.90 Å². The fourth-order valence-corrected chi connectivity index (χ4v) is 2.10. The number of rotatable bonds is 1. The lowest BCUT2D eigenvalue weighted by Gasteiger charge is -2.23. The molecule has 0 aliphatic carbocycles. The lowest BCUT2D eigenvalue weighted by molar-refractivity contribution is 0.309. The molecule has 4 heteroatoms. The maximum absolute atomic E-state index is 4.65. The largest absolute Gasteiger partial charge is 0.302 e. The first-order valence-corrected chi connectivity index (χ1v) is 5.76. The van der Waals surface area contributed by atoms with Crippen LogP contribution in [0.15, 0.2) is 30.7 Å². The summed E-state index contributed by atoms with van der Waals surface area (Å²) in [7, 11) is 2.12. The molecule has 0 bridgehead atoms. The molecule has 0 aromatic carbocycles. The highest BCUT2D eigenvalue weighted by molar-refractivity contribution is 5.53. The predicted molar refractivity (Wildman–Crippen MR) is 65.3 cm³/mol. The third kappa shape index (κ3) is 2.03. The number of hydrogen-bond donors (Lipinski definition) is 0. The van der Waals surface area contributed by atoms with Crippen LogP contribution in [0, 0.1) is 0 Å². The van der Waals surface area contributed by atoms with Crippen LogP contribution >= 0.6 is 0 Å². The van der Waals surface area contributed by atoms with E-state index in [1.165, 1.54) is 11.3 Å². The summed E-state index contributed by atoms with van der Waals surface area (Å²) in [4.78, 5) is 15.4. The van der Waals surface area contributed by atoms with Gasteiger partial charge in [-0.2, -0.15) is 0 Å². The van der Waals surface area contributed by atoms with E-state index >= 15 is 0 Å². The monoisotopic (exact) mass is 226 g/mol. The standard InChI is InChI=1S/C13H14N4/c1-17-7-4-12-11(9-17)8-15-13(16-12)10-2-5-14-6-3-10/h2-3,5-6,8H,4,7,9H2,1H3. The van der Waals surface area contributed by atoms with E-state index < -0.39 is 0 Å². The topological polar surface area (TPSA) is 41.9 Å². The molecular formula is C13H14N4. The van der Waals surface area contributed by atoms with Crippen molar-refractivity contribution in [1.29, 1.82) is 0 Å². The molecule has 0 amide bonds. The minimum absolute atomic E-state index is 0.802. The van der Waals surface area contributed by atoms with E-state index in [2.05, 4.69) is 26.9 Å². The molecule has 3 rings (SSSR count). The highest BCUT2D eigenvalue weighted by Gasteiger charge is 2.15. The van der Waals surface area contributed by atoms with Crippen molar-refractivity contribution >= 4 is 0 Å². The Hall–Kier alpha value is -1.81. The summed E-state index contributed by atoms with van der Waals surface area (Å²) in [6, 6.07) is 3.88. The lowest BCUT2D eigenvalue weighted by atomic mass is 10.1. The van der Waals surface area contributed by atoms with Gasteiger partial charge in [-0.15, -0.1) is 0 Å². The van der Waals surface area contributed by atoms with E-state index in [-0.39, 0.29) is 0 Å². The highest BCUT2D eigenvalue weighted by atomic mass is 15.1. The van der Waals surface area contributed by atoms with Gasteiger partial charge in [0.1, 0.15) is 0 Å². The minimum atomic E-state index is 0.802. The first kappa shape index (κ1) is 10.4. The number of pyridine rings is 1. The Kier molecular flexibility index (Phi) is 2.57. The summed E-state index contributed by atoms with van der Waals surface area (Å²) in [6.07, 6.45) is 6.50. The van der Waals surface area contributed by atoms with Gasteiger partial charge in [0.15, 0.2) is 5.82 Å². The molecule has 0 N–H and O–H groups in total. The summed E-state index contributed by atoms with van der Waals surface area (Å²) in [5.41, 5.74) is 3.46. The van der Waals surface area contributed by atoms with Gasteiger partial charge in [0.05, 0.1) is 5.69 Å². The Labute approximate surface area is 100 Å². The van der Waals surface area contributed by atoms with Crippen molar-refractivity contribution in [3.8, 4) is 11.4 Å². The van der Waals surface area contributed by atoms with E-state index in [4.69, 9.17) is 0 Å². The molecule has 1 aliphatic heterocycles. The number of likely N-dealkylation sites (N-methyl/N-ethyl adjacent to an activating group) is 1. The van der Waals surface area contributed by atoms with Gasteiger partial charge in [-0.3, -0.25) is 4.98 Å². The van der Waals surface area contributed by atoms with Crippen LogP contribution in [0.2, 0.25) is 0 Å². The van der Waals surface area contributed by atoms with Crippen LogP contribution in [0.25, 0.3) is 11.4 Å². The van der Waals surface area contributed by atoms with Crippen LogP contribution in [-0.2, 0) is 13.0 Å². The third-order valence-corrected chi connectivity index (χ3v) is 3.06. The molecule has 2 aromatic heterocycles. The van der Waals surface area contributed by atoms with Crippen molar-refractivity contribution < 1.29 is 0 Å². The molecule has 1 aliphatic rings. The van der Waals surface area contributed by atoms with Crippen LogP contribution in [0.3, 0.4) is 0 Å². The van der Waals surface area contributed by atoms with Gasteiger partial charge in [-0.25, -0.2) is 9.97 Å². The summed E-state index contributed by atoms with van der Waals surface area (Å²) in [6.45, 7) is 2.02. The fourth-order valence-electron chi connectivity index (χ4n) is 2.10. The molecule has 17 heavy (non-hydrogen) atoms. The van der Waals surface area contributed by atoms with Gasteiger partial charge in [0.25, 0.3) is 0 Å². The molecule has 0 fully saturated rings. The molecule has 4 nitrogen and oxygen atoms in total. The van der Waals surface area contributed by atoms with Crippen molar-refractivity contribution in [2.75, 3.05) is 13.6 Å². The van der Waals surface area contributed by atoms with Crippen molar-refractivity contribution in [2.24, 2.45) is 0 Å². The Bertz CT molecular complexity index is 524. The molecule has 0 saturated heterocycles. The Morgan fingerprint density at radius 3 is 2.88 bits per heavy atom. The molecule has 0 radical (unpaired) electrons. The Morgan fingerprint density at radius 2 is 2.06 bits per heavy atom. The predicted octanol–water partition coefficient (Wildman–Crippen LogP) is 1.53.